The third-order valence-electron chi connectivity index (χ3n) is 6.62. The van der Waals surface area contributed by atoms with E-state index < -0.39 is 5.92 Å². The van der Waals surface area contributed by atoms with Crippen LogP contribution in [-0.2, 0) is 9.53 Å². The van der Waals surface area contributed by atoms with Gasteiger partial charge in [-0.05, 0) is 54.8 Å². The molecule has 2 N–H and O–H groups in total. The van der Waals surface area contributed by atoms with Crippen LogP contribution in [0.2, 0.25) is 0 Å². The number of ether oxygens (including phenoxy) is 3. The third kappa shape index (κ3) is 4.16. The van der Waals surface area contributed by atoms with Crippen LogP contribution in [-0.4, -0.2) is 17.9 Å². The molecule has 1 aromatic heterocycles. The van der Waals surface area contributed by atoms with Crippen LogP contribution in [0.3, 0.4) is 0 Å². The molecule has 0 fully saturated rings. The summed E-state index contributed by atoms with van der Waals surface area (Å²) in [5.74, 6) is 1.25. The van der Waals surface area contributed by atoms with E-state index in [2.05, 4.69) is 6.07 Å². The average Bonchev–Trinajstić information content (AvgIpc) is 2.82. The standard InChI is InChI=1S/C29H27N3O4/c1-16-5-10-22-17(11-16)12-20(28(32-22)35-19-8-6-18(34-4)7-9-19)25-21(15-30)27(31)36-24-14-29(2,3)13-23(33)26(24)25/h5-12,25H,13-14,31H2,1-4H3. The lowest BCUT2D eigenvalue weighted by Gasteiger charge is -2.37. The van der Waals surface area contributed by atoms with E-state index in [-0.39, 0.29) is 22.7 Å². The second-order valence-corrected chi connectivity index (χ2v) is 10.1. The number of carbonyl (C=O) groups is 1. The van der Waals surface area contributed by atoms with E-state index in [1.807, 2.05) is 45.0 Å². The topological polar surface area (TPSA) is 107 Å². The van der Waals surface area contributed by atoms with Gasteiger partial charge in [0.1, 0.15) is 28.9 Å². The molecule has 1 aliphatic carbocycles. The number of rotatable bonds is 4. The number of nitrogens with zero attached hydrogens (tertiary/aromatic N) is 2. The van der Waals surface area contributed by atoms with Crippen molar-refractivity contribution in [1.29, 1.82) is 5.26 Å². The number of fused-ring (bicyclic) bond motifs is 1. The number of hydrogen-bond acceptors (Lipinski definition) is 7. The number of Topliss-reactive ketones (excluding diaryl/α,β-unsaturated/α-hetero) is 1. The molecule has 0 bridgehead atoms. The minimum absolute atomic E-state index is 0.00601. The first kappa shape index (κ1) is 23.4. The summed E-state index contributed by atoms with van der Waals surface area (Å²) < 4.78 is 17.4. The predicted octanol–water partition coefficient (Wildman–Crippen LogP) is 5.80. The lowest BCUT2D eigenvalue weighted by Crippen LogP contribution is -2.33. The van der Waals surface area contributed by atoms with Crippen molar-refractivity contribution in [1.82, 2.24) is 4.98 Å². The Balaban J connectivity index is 1.73. The Morgan fingerprint density at radius 1 is 1.11 bits per heavy atom. The summed E-state index contributed by atoms with van der Waals surface area (Å²) in [7, 11) is 1.60. The minimum atomic E-state index is -0.743. The van der Waals surface area contributed by atoms with E-state index in [1.165, 1.54) is 0 Å². The van der Waals surface area contributed by atoms with E-state index in [1.54, 1.807) is 31.4 Å². The fourth-order valence-corrected chi connectivity index (χ4v) is 4.93. The first-order valence-electron chi connectivity index (χ1n) is 11.8. The molecule has 2 aliphatic rings. The van der Waals surface area contributed by atoms with Crippen molar-refractivity contribution in [2.24, 2.45) is 11.1 Å². The zero-order valence-electron chi connectivity index (χ0n) is 20.7. The number of hydrogen-bond donors (Lipinski definition) is 1. The first-order chi connectivity index (χ1) is 17.2. The quantitative estimate of drug-likeness (QED) is 0.502. The Morgan fingerprint density at radius 2 is 1.83 bits per heavy atom. The molecule has 36 heavy (non-hydrogen) atoms. The average molecular weight is 482 g/mol. The van der Waals surface area contributed by atoms with Crippen LogP contribution in [0.15, 0.2) is 71.3 Å². The fourth-order valence-electron chi connectivity index (χ4n) is 4.93. The second kappa shape index (κ2) is 8.72. The van der Waals surface area contributed by atoms with Crippen LogP contribution in [0.1, 0.15) is 43.7 Å². The lowest BCUT2D eigenvalue weighted by atomic mass is 9.70. The summed E-state index contributed by atoms with van der Waals surface area (Å²) in [4.78, 5) is 18.3. The van der Waals surface area contributed by atoms with Crippen molar-refractivity contribution in [3.63, 3.8) is 0 Å². The Kier molecular flexibility index (Phi) is 5.68. The van der Waals surface area contributed by atoms with Crippen molar-refractivity contribution in [2.45, 2.75) is 39.5 Å². The maximum Gasteiger partial charge on any atom is 0.224 e. The smallest absolute Gasteiger partial charge is 0.224 e. The van der Waals surface area contributed by atoms with Crippen LogP contribution in [0, 0.1) is 23.7 Å². The summed E-state index contributed by atoms with van der Waals surface area (Å²) in [6.07, 6.45) is 0.887. The highest BCUT2D eigenvalue weighted by Gasteiger charge is 2.44. The lowest BCUT2D eigenvalue weighted by molar-refractivity contribution is -0.119. The molecule has 0 radical (unpaired) electrons. The van der Waals surface area contributed by atoms with Crippen LogP contribution < -0.4 is 15.2 Å². The van der Waals surface area contributed by atoms with Gasteiger partial charge in [-0.2, -0.15) is 5.26 Å². The highest BCUT2D eigenvalue weighted by molar-refractivity contribution is 6.00. The van der Waals surface area contributed by atoms with E-state index in [0.29, 0.717) is 47.1 Å². The van der Waals surface area contributed by atoms with E-state index in [0.717, 1.165) is 16.5 Å². The van der Waals surface area contributed by atoms with Crippen LogP contribution >= 0.6 is 0 Å². The highest BCUT2D eigenvalue weighted by Crippen LogP contribution is 2.50. The van der Waals surface area contributed by atoms with Gasteiger partial charge in [0.05, 0.1) is 18.5 Å². The van der Waals surface area contributed by atoms with Gasteiger partial charge in [-0.25, -0.2) is 4.98 Å². The van der Waals surface area contributed by atoms with E-state index in [4.69, 9.17) is 24.9 Å². The number of carbonyl (C=O) groups excluding carboxylic acids is 1. The molecular weight excluding hydrogens is 454 g/mol. The van der Waals surface area contributed by atoms with Gasteiger partial charge in [0.2, 0.25) is 11.8 Å². The molecule has 7 nitrogen and oxygen atoms in total. The maximum atomic E-state index is 13.5. The van der Waals surface area contributed by atoms with Crippen LogP contribution in [0.5, 0.6) is 17.4 Å². The largest absolute Gasteiger partial charge is 0.497 e. The summed E-state index contributed by atoms with van der Waals surface area (Å²) in [5.41, 5.74) is 8.99. The van der Waals surface area contributed by atoms with E-state index in [9.17, 15) is 10.1 Å². The van der Waals surface area contributed by atoms with Crippen molar-refractivity contribution >= 4 is 16.7 Å². The maximum absolute atomic E-state index is 13.5. The monoisotopic (exact) mass is 481 g/mol. The normalized spacial score (nSPS) is 19.0. The molecule has 0 amide bonds. The number of aryl methyl sites for hydroxylation is 1. The summed E-state index contributed by atoms with van der Waals surface area (Å²) >= 11 is 0. The minimum Gasteiger partial charge on any atom is -0.497 e. The summed E-state index contributed by atoms with van der Waals surface area (Å²) in [5, 5.41) is 11.0. The number of nitriles is 1. The zero-order valence-corrected chi connectivity index (χ0v) is 20.7. The Hall–Kier alpha value is -4.31. The Morgan fingerprint density at radius 3 is 2.53 bits per heavy atom. The number of ketones is 1. The van der Waals surface area contributed by atoms with Gasteiger partial charge in [0.25, 0.3) is 0 Å². The zero-order chi connectivity index (χ0) is 25.6. The summed E-state index contributed by atoms with van der Waals surface area (Å²) in [6.45, 7) is 6.04. The Labute approximate surface area is 209 Å². The second-order valence-electron chi connectivity index (χ2n) is 10.1. The van der Waals surface area contributed by atoms with Crippen molar-refractivity contribution in [2.75, 3.05) is 7.11 Å². The Bertz CT molecular complexity index is 1490. The molecular formula is C29H27N3O4. The number of methoxy groups -OCH3 is 1. The van der Waals surface area contributed by atoms with Gasteiger partial charge in [-0.15, -0.1) is 0 Å². The van der Waals surface area contributed by atoms with Gasteiger partial charge < -0.3 is 19.9 Å². The van der Waals surface area contributed by atoms with Gasteiger partial charge >= 0.3 is 0 Å². The molecule has 1 atom stereocenters. The molecule has 2 heterocycles. The molecule has 1 unspecified atom stereocenters. The number of benzene rings is 2. The molecule has 0 saturated carbocycles. The molecule has 182 valence electrons. The molecule has 7 heteroatoms. The first-order valence-corrected chi connectivity index (χ1v) is 11.8. The number of aromatic nitrogens is 1. The fraction of sp³-hybridized carbons (Fsp3) is 0.276. The predicted molar refractivity (Wildman–Crippen MR) is 135 cm³/mol. The molecule has 0 saturated heterocycles. The van der Waals surface area contributed by atoms with Crippen LogP contribution in [0.25, 0.3) is 10.9 Å². The van der Waals surface area contributed by atoms with Crippen molar-refractivity contribution < 1.29 is 19.0 Å². The number of nitrogens with two attached hydrogens (primary N) is 1. The van der Waals surface area contributed by atoms with Crippen molar-refractivity contribution in [3.8, 4) is 23.4 Å². The third-order valence-corrected chi connectivity index (χ3v) is 6.62. The molecule has 3 aromatic rings. The number of pyridine rings is 1. The molecule has 0 spiro atoms. The van der Waals surface area contributed by atoms with Gasteiger partial charge in [-0.3, -0.25) is 4.79 Å². The summed E-state index contributed by atoms with van der Waals surface area (Å²) in [6, 6.07) is 17.2. The van der Waals surface area contributed by atoms with E-state index >= 15 is 0 Å². The molecule has 1 aliphatic heterocycles. The molecule has 5 rings (SSSR count). The highest BCUT2D eigenvalue weighted by atomic mass is 16.5. The molecule has 2 aromatic carbocycles. The van der Waals surface area contributed by atoms with Crippen molar-refractivity contribution in [3.05, 3.63) is 82.4 Å². The van der Waals surface area contributed by atoms with Crippen LogP contribution in [0.4, 0.5) is 0 Å². The SMILES string of the molecule is COc1ccc(Oc2nc3ccc(C)cc3cc2C2C(C#N)=C(N)OC3=C2C(=O)CC(C)(C)C3)cc1. The van der Waals surface area contributed by atoms with Gasteiger partial charge in [-0.1, -0.05) is 25.5 Å². The number of allylic oxidation sites excluding steroid dienone is 3. The van der Waals surface area contributed by atoms with Gasteiger partial charge in [0.15, 0.2) is 5.78 Å². The van der Waals surface area contributed by atoms with Gasteiger partial charge in [0, 0.05) is 29.4 Å².